The van der Waals surface area contributed by atoms with E-state index in [0.29, 0.717) is 11.7 Å². The molecule has 2 heterocycles. The Hall–Kier alpha value is -1.95. The van der Waals surface area contributed by atoms with Gasteiger partial charge in [-0.2, -0.15) is 4.98 Å². The molecule has 3 aromatic rings. The van der Waals surface area contributed by atoms with E-state index in [1.165, 1.54) is 10.3 Å². The molecule has 1 aromatic carbocycles. The summed E-state index contributed by atoms with van der Waals surface area (Å²) in [6.07, 6.45) is 2.74. The summed E-state index contributed by atoms with van der Waals surface area (Å²) in [6, 6.07) is 6.36. The first-order chi connectivity index (χ1) is 10.3. The van der Waals surface area contributed by atoms with E-state index in [2.05, 4.69) is 45.6 Å². The van der Waals surface area contributed by atoms with Crippen LogP contribution in [0, 0.1) is 6.92 Å². The minimum Gasteiger partial charge on any atom is -0.361 e. The molecule has 0 saturated heterocycles. The van der Waals surface area contributed by atoms with E-state index in [1.54, 1.807) is 11.3 Å². The molecule has 0 unspecified atom stereocenters. The monoisotopic (exact) mass is 302 g/mol. The fourth-order valence-electron chi connectivity index (χ4n) is 2.24. The van der Waals surface area contributed by atoms with Crippen LogP contribution in [0.4, 0.5) is 5.13 Å². The second-order valence-corrected chi connectivity index (χ2v) is 5.93. The number of nitrogens with zero attached hydrogens (tertiary/aromatic N) is 3. The Labute approximate surface area is 127 Å². The van der Waals surface area contributed by atoms with E-state index in [0.717, 1.165) is 36.5 Å². The third kappa shape index (κ3) is 3.21. The smallest absolute Gasteiger partial charge is 0.226 e. The molecular formula is C15H18N4OS. The molecule has 2 aromatic heterocycles. The number of benzene rings is 1. The van der Waals surface area contributed by atoms with E-state index in [-0.39, 0.29) is 0 Å². The first kappa shape index (κ1) is 14.0. The molecule has 0 radical (unpaired) electrons. The number of anilines is 1. The zero-order valence-corrected chi connectivity index (χ0v) is 13.0. The average molecular weight is 302 g/mol. The molecule has 0 fully saturated rings. The van der Waals surface area contributed by atoms with Gasteiger partial charge in [-0.1, -0.05) is 35.5 Å². The number of hydrogen-bond acceptors (Lipinski definition) is 6. The number of thiazole rings is 1. The lowest BCUT2D eigenvalue weighted by Crippen LogP contribution is -2.02. The number of rotatable bonds is 6. The molecule has 1 N–H and O–H groups in total. The summed E-state index contributed by atoms with van der Waals surface area (Å²) in [5.74, 6) is 1.39. The number of para-hydroxylation sites is 1. The summed E-state index contributed by atoms with van der Waals surface area (Å²) in [5, 5.41) is 8.14. The lowest BCUT2D eigenvalue weighted by atomic mass is 10.1. The second-order valence-electron chi connectivity index (χ2n) is 4.90. The van der Waals surface area contributed by atoms with E-state index in [1.807, 2.05) is 6.92 Å². The van der Waals surface area contributed by atoms with Gasteiger partial charge < -0.3 is 9.84 Å². The highest BCUT2D eigenvalue weighted by Gasteiger charge is 2.07. The molecule has 0 aliphatic rings. The number of fused-ring (bicyclic) bond motifs is 1. The summed E-state index contributed by atoms with van der Waals surface area (Å²) in [6.45, 7) is 4.84. The SMILES string of the molecule is CCc1cccc2sc(NCCCc3nc(C)no3)nc12. The van der Waals surface area contributed by atoms with E-state index < -0.39 is 0 Å². The van der Waals surface area contributed by atoms with Crippen LogP contribution >= 0.6 is 11.3 Å². The predicted octanol–water partition coefficient (Wildman–Crippen LogP) is 3.59. The standard InChI is InChI=1S/C15H18N4OS/c1-3-11-6-4-7-12-14(11)18-15(21-12)16-9-5-8-13-17-10(2)19-20-13/h4,6-7H,3,5,8-9H2,1-2H3,(H,16,18). The highest BCUT2D eigenvalue weighted by atomic mass is 32.1. The van der Waals surface area contributed by atoms with Crippen molar-refractivity contribution < 1.29 is 4.52 Å². The van der Waals surface area contributed by atoms with Crippen molar-refractivity contribution in [1.82, 2.24) is 15.1 Å². The molecule has 21 heavy (non-hydrogen) atoms. The number of hydrogen-bond donors (Lipinski definition) is 1. The van der Waals surface area contributed by atoms with Crippen LogP contribution in [0.5, 0.6) is 0 Å². The molecule has 0 aliphatic carbocycles. The topological polar surface area (TPSA) is 63.8 Å². The van der Waals surface area contributed by atoms with Gasteiger partial charge in [-0.05, 0) is 31.4 Å². The molecule has 0 aliphatic heterocycles. The van der Waals surface area contributed by atoms with Crippen LogP contribution in [-0.2, 0) is 12.8 Å². The van der Waals surface area contributed by atoms with Crippen LogP contribution in [0.25, 0.3) is 10.2 Å². The highest BCUT2D eigenvalue weighted by Crippen LogP contribution is 2.28. The Balaban J connectivity index is 1.58. The molecule has 0 atom stereocenters. The van der Waals surface area contributed by atoms with Crippen molar-refractivity contribution in [1.29, 1.82) is 0 Å². The maximum atomic E-state index is 5.09. The van der Waals surface area contributed by atoms with Crippen molar-refractivity contribution in [2.45, 2.75) is 33.1 Å². The van der Waals surface area contributed by atoms with Gasteiger partial charge in [0.25, 0.3) is 0 Å². The van der Waals surface area contributed by atoms with Crippen molar-refractivity contribution in [3.05, 3.63) is 35.5 Å². The van der Waals surface area contributed by atoms with Gasteiger partial charge in [0.2, 0.25) is 5.89 Å². The first-order valence-electron chi connectivity index (χ1n) is 7.17. The predicted molar refractivity (Wildman–Crippen MR) is 84.8 cm³/mol. The summed E-state index contributed by atoms with van der Waals surface area (Å²) >= 11 is 1.70. The van der Waals surface area contributed by atoms with Gasteiger partial charge in [-0.25, -0.2) is 4.98 Å². The Bertz CT molecular complexity index is 734. The van der Waals surface area contributed by atoms with Crippen molar-refractivity contribution in [2.75, 3.05) is 11.9 Å². The van der Waals surface area contributed by atoms with Crippen LogP contribution in [0.15, 0.2) is 22.7 Å². The van der Waals surface area contributed by atoms with Crippen LogP contribution in [0.2, 0.25) is 0 Å². The van der Waals surface area contributed by atoms with E-state index in [9.17, 15) is 0 Å². The maximum absolute atomic E-state index is 5.09. The summed E-state index contributed by atoms with van der Waals surface area (Å²) < 4.78 is 6.33. The van der Waals surface area contributed by atoms with Gasteiger partial charge >= 0.3 is 0 Å². The summed E-state index contributed by atoms with van der Waals surface area (Å²) in [5.41, 5.74) is 2.43. The number of aryl methyl sites for hydroxylation is 3. The highest BCUT2D eigenvalue weighted by molar-refractivity contribution is 7.22. The molecule has 0 amide bonds. The number of aromatic nitrogens is 3. The quantitative estimate of drug-likeness (QED) is 0.705. The molecule has 6 heteroatoms. The minimum atomic E-state index is 0.691. The molecule has 5 nitrogen and oxygen atoms in total. The van der Waals surface area contributed by atoms with Gasteiger partial charge in [-0.15, -0.1) is 0 Å². The fourth-order valence-corrected chi connectivity index (χ4v) is 3.18. The van der Waals surface area contributed by atoms with E-state index >= 15 is 0 Å². The Kier molecular flexibility index (Phi) is 4.15. The zero-order chi connectivity index (χ0) is 14.7. The average Bonchev–Trinajstić information content (AvgIpc) is 3.08. The lowest BCUT2D eigenvalue weighted by molar-refractivity contribution is 0.373. The molecule has 3 rings (SSSR count). The van der Waals surface area contributed by atoms with Gasteiger partial charge in [-0.3, -0.25) is 0 Å². The normalized spacial score (nSPS) is 11.1. The Morgan fingerprint density at radius 1 is 1.29 bits per heavy atom. The van der Waals surface area contributed by atoms with Gasteiger partial charge in [0, 0.05) is 13.0 Å². The third-order valence-electron chi connectivity index (χ3n) is 3.30. The van der Waals surface area contributed by atoms with Gasteiger partial charge in [0.1, 0.15) is 0 Å². The van der Waals surface area contributed by atoms with Crippen LogP contribution < -0.4 is 5.32 Å². The zero-order valence-electron chi connectivity index (χ0n) is 12.2. The van der Waals surface area contributed by atoms with Crippen LogP contribution in [0.3, 0.4) is 0 Å². The lowest BCUT2D eigenvalue weighted by Gasteiger charge is -1.99. The van der Waals surface area contributed by atoms with E-state index in [4.69, 9.17) is 4.52 Å². The summed E-state index contributed by atoms with van der Waals surface area (Å²) in [7, 11) is 0. The Morgan fingerprint density at radius 3 is 2.95 bits per heavy atom. The minimum absolute atomic E-state index is 0.691. The molecular weight excluding hydrogens is 284 g/mol. The fraction of sp³-hybridized carbons (Fsp3) is 0.400. The van der Waals surface area contributed by atoms with Gasteiger partial charge in [0.05, 0.1) is 10.2 Å². The van der Waals surface area contributed by atoms with Crippen molar-refractivity contribution in [3.8, 4) is 0 Å². The van der Waals surface area contributed by atoms with Crippen LogP contribution in [0.1, 0.15) is 30.6 Å². The molecule has 110 valence electrons. The number of nitrogens with one attached hydrogen (secondary N) is 1. The molecule has 0 bridgehead atoms. The van der Waals surface area contributed by atoms with Gasteiger partial charge in [0.15, 0.2) is 11.0 Å². The first-order valence-corrected chi connectivity index (χ1v) is 7.99. The third-order valence-corrected chi connectivity index (χ3v) is 4.28. The largest absolute Gasteiger partial charge is 0.361 e. The summed E-state index contributed by atoms with van der Waals surface area (Å²) in [4.78, 5) is 8.88. The molecule has 0 spiro atoms. The van der Waals surface area contributed by atoms with Crippen LogP contribution in [-0.4, -0.2) is 21.7 Å². The second kappa shape index (κ2) is 6.22. The van der Waals surface area contributed by atoms with Crippen molar-refractivity contribution in [3.63, 3.8) is 0 Å². The Morgan fingerprint density at radius 2 is 2.19 bits per heavy atom. The molecule has 0 saturated carbocycles. The van der Waals surface area contributed by atoms with Crippen molar-refractivity contribution in [2.24, 2.45) is 0 Å². The van der Waals surface area contributed by atoms with Crippen molar-refractivity contribution >= 4 is 26.7 Å². The maximum Gasteiger partial charge on any atom is 0.226 e.